The zero-order chi connectivity index (χ0) is 14.7. The van der Waals surface area contributed by atoms with Gasteiger partial charge in [-0.1, -0.05) is 12.1 Å². The molecule has 2 heterocycles. The number of nitrogens with zero attached hydrogens (tertiary/aromatic N) is 1. The number of methoxy groups -OCH3 is 1. The third kappa shape index (κ3) is 2.94. The molecule has 4 heteroatoms. The molecule has 3 rings (SSSR count). The van der Waals surface area contributed by atoms with E-state index in [0.29, 0.717) is 6.42 Å². The number of likely N-dealkylation sites (tertiary alicyclic amines) is 1. The summed E-state index contributed by atoms with van der Waals surface area (Å²) in [7, 11) is 1.64. The van der Waals surface area contributed by atoms with Crippen LogP contribution in [0.15, 0.2) is 47.1 Å². The van der Waals surface area contributed by atoms with Gasteiger partial charge in [-0.05, 0) is 42.7 Å². The molecular weight excluding hydrogens is 266 g/mol. The van der Waals surface area contributed by atoms with Crippen LogP contribution in [0.5, 0.6) is 5.75 Å². The summed E-state index contributed by atoms with van der Waals surface area (Å²) >= 11 is 0. The van der Waals surface area contributed by atoms with Crippen LogP contribution >= 0.6 is 0 Å². The van der Waals surface area contributed by atoms with Gasteiger partial charge in [0, 0.05) is 6.54 Å². The van der Waals surface area contributed by atoms with Gasteiger partial charge in [-0.15, -0.1) is 0 Å². The first-order valence-electron chi connectivity index (χ1n) is 7.24. The van der Waals surface area contributed by atoms with Gasteiger partial charge in [0.2, 0.25) is 5.91 Å². The van der Waals surface area contributed by atoms with Crippen LogP contribution in [-0.4, -0.2) is 24.5 Å². The van der Waals surface area contributed by atoms with Gasteiger partial charge in [-0.25, -0.2) is 0 Å². The Hall–Kier alpha value is -2.23. The number of furan rings is 1. The quantitative estimate of drug-likeness (QED) is 0.866. The van der Waals surface area contributed by atoms with Gasteiger partial charge >= 0.3 is 0 Å². The van der Waals surface area contributed by atoms with Crippen LogP contribution in [0.1, 0.15) is 30.2 Å². The molecular formula is C17H19NO3. The lowest BCUT2D eigenvalue weighted by atomic mass is 10.1. The average Bonchev–Trinajstić information content (AvgIpc) is 3.18. The third-order valence-electron chi connectivity index (χ3n) is 3.96. The van der Waals surface area contributed by atoms with Crippen molar-refractivity contribution >= 4 is 5.91 Å². The van der Waals surface area contributed by atoms with Gasteiger partial charge < -0.3 is 14.1 Å². The van der Waals surface area contributed by atoms with Crippen LogP contribution < -0.4 is 4.74 Å². The topological polar surface area (TPSA) is 42.7 Å². The number of hydrogen-bond donors (Lipinski definition) is 0. The molecule has 0 aliphatic carbocycles. The number of hydrogen-bond acceptors (Lipinski definition) is 3. The molecule has 0 N–H and O–H groups in total. The van der Waals surface area contributed by atoms with Crippen molar-refractivity contribution in [3.8, 4) is 5.75 Å². The maximum atomic E-state index is 12.5. The van der Waals surface area contributed by atoms with Crippen LogP contribution in [-0.2, 0) is 11.2 Å². The van der Waals surface area contributed by atoms with E-state index in [4.69, 9.17) is 9.15 Å². The molecule has 2 aromatic rings. The van der Waals surface area contributed by atoms with E-state index in [1.54, 1.807) is 13.4 Å². The highest BCUT2D eigenvalue weighted by molar-refractivity contribution is 5.79. The van der Waals surface area contributed by atoms with Crippen LogP contribution in [0.3, 0.4) is 0 Å². The maximum Gasteiger partial charge on any atom is 0.227 e. The van der Waals surface area contributed by atoms with Gasteiger partial charge in [-0.2, -0.15) is 0 Å². The predicted molar refractivity (Wildman–Crippen MR) is 79.1 cm³/mol. The molecule has 1 aromatic heterocycles. The SMILES string of the molecule is COc1ccc(CC(=O)N2CCCC2c2ccco2)cc1. The molecule has 1 aliphatic rings. The molecule has 1 aliphatic heterocycles. The van der Waals surface area contributed by atoms with E-state index in [1.165, 1.54) is 0 Å². The maximum absolute atomic E-state index is 12.5. The minimum Gasteiger partial charge on any atom is -0.497 e. The minimum atomic E-state index is 0.0887. The summed E-state index contributed by atoms with van der Waals surface area (Å²) in [6, 6.07) is 11.6. The van der Waals surface area contributed by atoms with Gasteiger partial charge in [0.05, 0.1) is 25.8 Å². The van der Waals surface area contributed by atoms with Crippen molar-refractivity contribution in [1.29, 1.82) is 0 Å². The number of carbonyl (C=O) groups excluding carboxylic acids is 1. The second-order valence-electron chi connectivity index (χ2n) is 5.29. The molecule has 0 bridgehead atoms. The first-order chi connectivity index (χ1) is 10.3. The molecule has 1 unspecified atom stereocenters. The Morgan fingerprint density at radius 1 is 1.33 bits per heavy atom. The Labute approximate surface area is 124 Å². The Morgan fingerprint density at radius 3 is 2.81 bits per heavy atom. The van der Waals surface area contributed by atoms with Crippen molar-refractivity contribution in [2.24, 2.45) is 0 Å². The molecule has 0 radical (unpaired) electrons. The molecule has 1 amide bonds. The Kier molecular flexibility index (Phi) is 3.95. The van der Waals surface area contributed by atoms with E-state index < -0.39 is 0 Å². The normalized spacial score (nSPS) is 18.0. The van der Waals surface area contributed by atoms with E-state index in [2.05, 4.69) is 0 Å². The van der Waals surface area contributed by atoms with E-state index in [9.17, 15) is 4.79 Å². The monoisotopic (exact) mass is 285 g/mol. The zero-order valence-corrected chi connectivity index (χ0v) is 12.1. The fourth-order valence-electron chi connectivity index (χ4n) is 2.86. The number of ether oxygens (including phenoxy) is 1. The van der Waals surface area contributed by atoms with Crippen molar-refractivity contribution in [3.63, 3.8) is 0 Å². The molecule has 1 fully saturated rings. The van der Waals surface area contributed by atoms with Crippen LogP contribution in [0, 0.1) is 0 Å². The van der Waals surface area contributed by atoms with Crippen molar-refractivity contribution in [3.05, 3.63) is 54.0 Å². The van der Waals surface area contributed by atoms with Crippen molar-refractivity contribution < 1.29 is 13.9 Å². The second kappa shape index (κ2) is 6.04. The second-order valence-corrected chi connectivity index (χ2v) is 5.29. The van der Waals surface area contributed by atoms with Crippen LogP contribution in [0.25, 0.3) is 0 Å². The van der Waals surface area contributed by atoms with Crippen LogP contribution in [0.4, 0.5) is 0 Å². The van der Waals surface area contributed by atoms with E-state index in [-0.39, 0.29) is 11.9 Å². The lowest BCUT2D eigenvalue weighted by molar-refractivity contribution is -0.131. The highest BCUT2D eigenvalue weighted by atomic mass is 16.5. The van der Waals surface area contributed by atoms with Gasteiger partial charge in [0.15, 0.2) is 0 Å². The molecule has 1 saturated heterocycles. The molecule has 0 saturated carbocycles. The largest absolute Gasteiger partial charge is 0.497 e. The summed E-state index contributed by atoms with van der Waals surface area (Å²) in [5.74, 6) is 1.84. The van der Waals surface area contributed by atoms with Gasteiger partial charge in [0.25, 0.3) is 0 Å². The predicted octanol–water partition coefficient (Wildman–Crippen LogP) is 3.19. The first-order valence-corrected chi connectivity index (χ1v) is 7.24. The van der Waals surface area contributed by atoms with Crippen molar-refractivity contribution in [2.75, 3.05) is 13.7 Å². The molecule has 0 spiro atoms. The number of benzene rings is 1. The summed E-state index contributed by atoms with van der Waals surface area (Å²) in [4.78, 5) is 14.5. The van der Waals surface area contributed by atoms with E-state index in [1.807, 2.05) is 41.3 Å². The van der Waals surface area contributed by atoms with Gasteiger partial charge in [0.1, 0.15) is 11.5 Å². The standard InChI is InChI=1S/C17H19NO3/c1-20-14-8-6-13(7-9-14)12-17(19)18-10-2-4-15(18)16-5-3-11-21-16/h3,5-9,11,15H,2,4,10,12H2,1H3. The molecule has 110 valence electrons. The molecule has 1 atom stereocenters. The molecule has 4 nitrogen and oxygen atoms in total. The van der Waals surface area contributed by atoms with Crippen molar-refractivity contribution in [1.82, 2.24) is 4.90 Å². The van der Waals surface area contributed by atoms with E-state index >= 15 is 0 Å². The summed E-state index contributed by atoms with van der Waals surface area (Å²) in [5, 5.41) is 0. The smallest absolute Gasteiger partial charge is 0.227 e. The Bertz CT molecular complexity index is 589. The average molecular weight is 285 g/mol. The van der Waals surface area contributed by atoms with Crippen molar-refractivity contribution in [2.45, 2.75) is 25.3 Å². The number of amides is 1. The zero-order valence-electron chi connectivity index (χ0n) is 12.1. The highest BCUT2D eigenvalue weighted by Gasteiger charge is 2.31. The fraction of sp³-hybridized carbons (Fsp3) is 0.353. The summed E-state index contributed by atoms with van der Waals surface area (Å²) in [6.45, 7) is 0.806. The first kappa shape index (κ1) is 13.7. The van der Waals surface area contributed by atoms with Gasteiger partial charge in [-0.3, -0.25) is 4.79 Å². The lowest BCUT2D eigenvalue weighted by Gasteiger charge is -2.23. The summed E-state index contributed by atoms with van der Waals surface area (Å²) in [5.41, 5.74) is 1.01. The van der Waals surface area contributed by atoms with Crippen LogP contribution in [0.2, 0.25) is 0 Å². The van der Waals surface area contributed by atoms with E-state index in [0.717, 1.165) is 36.5 Å². The summed E-state index contributed by atoms with van der Waals surface area (Å²) in [6.07, 6.45) is 4.09. The Balaban J connectivity index is 1.69. The Morgan fingerprint density at radius 2 is 2.14 bits per heavy atom. The number of carbonyl (C=O) groups is 1. The number of rotatable bonds is 4. The summed E-state index contributed by atoms with van der Waals surface area (Å²) < 4.78 is 10.6. The lowest BCUT2D eigenvalue weighted by Crippen LogP contribution is -2.31. The highest BCUT2D eigenvalue weighted by Crippen LogP contribution is 2.32. The molecule has 21 heavy (non-hydrogen) atoms. The fourth-order valence-corrected chi connectivity index (χ4v) is 2.86. The molecule has 1 aromatic carbocycles. The minimum absolute atomic E-state index is 0.0887. The third-order valence-corrected chi connectivity index (χ3v) is 3.96.